The van der Waals surface area contributed by atoms with E-state index in [1.54, 1.807) is 12.3 Å². The maximum absolute atomic E-state index is 5.63. The number of aromatic nitrogens is 2. The molecule has 1 aromatic heterocycles. The van der Waals surface area contributed by atoms with Crippen molar-refractivity contribution in [2.75, 3.05) is 18.5 Å². The van der Waals surface area contributed by atoms with Crippen molar-refractivity contribution in [1.29, 1.82) is 0 Å². The SMILES string of the molecule is CCCOc1ccnc(NC(C)(CC)CCN)n1. The number of rotatable bonds is 8. The lowest BCUT2D eigenvalue weighted by molar-refractivity contribution is 0.304. The van der Waals surface area contributed by atoms with E-state index in [2.05, 4.69) is 36.1 Å². The summed E-state index contributed by atoms with van der Waals surface area (Å²) >= 11 is 0. The molecule has 0 aromatic carbocycles. The minimum absolute atomic E-state index is 0.0713. The third-order valence-corrected chi connectivity index (χ3v) is 2.97. The summed E-state index contributed by atoms with van der Waals surface area (Å²) in [6.07, 6.45) is 4.52. The zero-order chi connectivity index (χ0) is 13.4. The average Bonchev–Trinajstić information content (AvgIpc) is 2.37. The van der Waals surface area contributed by atoms with Crippen molar-refractivity contribution in [2.24, 2.45) is 5.73 Å². The minimum atomic E-state index is -0.0713. The smallest absolute Gasteiger partial charge is 0.226 e. The molecule has 0 aliphatic rings. The Balaban J connectivity index is 2.71. The second-order valence-corrected chi connectivity index (χ2v) is 4.64. The number of nitrogens with one attached hydrogen (secondary N) is 1. The summed E-state index contributed by atoms with van der Waals surface area (Å²) in [6, 6.07) is 1.77. The first-order chi connectivity index (χ1) is 8.63. The maximum atomic E-state index is 5.63. The van der Waals surface area contributed by atoms with Crippen LogP contribution in [0.4, 0.5) is 5.95 Å². The summed E-state index contributed by atoms with van der Waals surface area (Å²) in [4.78, 5) is 8.56. The fourth-order valence-electron chi connectivity index (χ4n) is 1.61. The Morgan fingerprint density at radius 2 is 2.22 bits per heavy atom. The van der Waals surface area contributed by atoms with Gasteiger partial charge in [0.2, 0.25) is 11.8 Å². The molecule has 5 nitrogen and oxygen atoms in total. The van der Waals surface area contributed by atoms with Crippen LogP contribution in [0, 0.1) is 0 Å². The molecule has 1 atom stereocenters. The number of nitrogens with two attached hydrogens (primary N) is 1. The second-order valence-electron chi connectivity index (χ2n) is 4.64. The highest BCUT2D eigenvalue weighted by molar-refractivity contribution is 5.31. The van der Waals surface area contributed by atoms with Gasteiger partial charge in [0.05, 0.1) is 6.61 Å². The maximum Gasteiger partial charge on any atom is 0.226 e. The van der Waals surface area contributed by atoms with E-state index in [0.717, 1.165) is 19.3 Å². The van der Waals surface area contributed by atoms with Crippen LogP contribution in [0.25, 0.3) is 0 Å². The van der Waals surface area contributed by atoms with Crippen LogP contribution >= 0.6 is 0 Å². The normalized spacial score (nSPS) is 14.0. The fourth-order valence-corrected chi connectivity index (χ4v) is 1.61. The van der Waals surface area contributed by atoms with Crippen molar-refractivity contribution in [3.63, 3.8) is 0 Å². The van der Waals surface area contributed by atoms with E-state index in [1.165, 1.54) is 0 Å². The summed E-state index contributed by atoms with van der Waals surface area (Å²) in [5.74, 6) is 1.21. The molecule has 0 radical (unpaired) electrons. The minimum Gasteiger partial charge on any atom is -0.478 e. The Kier molecular flexibility index (Phi) is 5.85. The molecule has 0 amide bonds. The molecule has 5 heteroatoms. The number of nitrogens with zero attached hydrogens (tertiary/aromatic N) is 2. The Morgan fingerprint density at radius 1 is 1.44 bits per heavy atom. The molecule has 1 rings (SSSR count). The van der Waals surface area contributed by atoms with Gasteiger partial charge in [0.15, 0.2) is 0 Å². The van der Waals surface area contributed by atoms with Crippen molar-refractivity contribution >= 4 is 5.95 Å². The average molecular weight is 252 g/mol. The largest absolute Gasteiger partial charge is 0.478 e. The van der Waals surface area contributed by atoms with Crippen LogP contribution < -0.4 is 15.8 Å². The van der Waals surface area contributed by atoms with Crippen LogP contribution in [0.2, 0.25) is 0 Å². The molecule has 0 saturated heterocycles. The molecule has 1 unspecified atom stereocenters. The van der Waals surface area contributed by atoms with Gasteiger partial charge in [0.1, 0.15) is 0 Å². The van der Waals surface area contributed by atoms with E-state index in [0.29, 0.717) is 25.0 Å². The van der Waals surface area contributed by atoms with Gasteiger partial charge in [-0.05, 0) is 32.7 Å². The Labute approximate surface area is 109 Å². The van der Waals surface area contributed by atoms with Crippen molar-refractivity contribution in [3.05, 3.63) is 12.3 Å². The van der Waals surface area contributed by atoms with Gasteiger partial charge in [-0.25, -0.2) is 4.98 Å². The molecule has 1 heterocycles. The lowest BCUT2D eigenvalue weighted by Crippen LogP contribution is -2.37. The Morgan fingerprint density at radius 3 is 2.83 bits per heavy atom. The molecule has 0 aliphatic carbocycles. The third kappa shape index (κ3) is 4.49. The van der Waals surface area contributed by atoms with Gasteiger partial charge in [0, 0.05) is 17.8 Å². The zero-order valence-electron chi connectivity index (χ0n) is 11.6. The van der Waals surface area contributed by atoms with E-state index in [1.807, 2.05) is 0 Å². The van der Waals surface area contributed by atoms with Crippen molar-refractivity contribution in [1.82, 2.24) is 9.97 Å². The molecular weight excluding hydrogens is 228 g/mol. The van der Waals surface area contributed by atoms with Gasteiger partial charge in [0.25, 0.3) is 0 Å². The molecule has 3 N–H and O–H groups in total. The predicted octanol–water partition coefficient (Wildman–Crippen LogP) is 2.19. The first kappa shape index (κ1) is 14.7. The van der Waals surface area contributed by atoms with E-state index in [4.69, 9.17) is 10.5 Å². The lowest BCUT2D eigenvalue weighted by atomic mass is 9.95. The molecule has 1 aromatic rings. The highest BCUT2D eigenvalue weighted by atomic mass is 16.5. The van der Waals surface area contributed by atoms with Crippen LogP contribution in [0.5, 0.6) is 5.88 Å². The number of hydrogen-bond acceptors (Lipinski definition) is 5. The summed E-state index contributed by atoms with van der Waals surface area (Å²) < 4.78 is 5.49. The van der Waals surface area contributed by atoms with Gasteiger partial charge in [-0.2, -0.15) is 4.98 Å². The first-order valence-electron chi connectivity index (χ1n) is 6.57. The standard InChI is InChI=1S/C13H24N4O/c1-4-10-18-11-6-9-15-12(16-11)17-13(3,5-2)7-8-14/h6,9H,4-5,7-8,10,14H2,1-3H3,(H,15,16,17). The molecule has 0 fully saturated rings. The van der Waals surface area contributed by atoms with Gasteiger partial charge < -0.3 is 15.8 Å². The molecule has 102 valence electrons. The summed E-state index contributed by atoms with van der Waals surface area (Å²) in [5.41, 5.74) is 5.56. The van der Waals surface area contributed by atoms with E-state index in [9.17, 15) is 0 Å². The lowest BCUT2D eigenvalue weighted by Gasteiger charge is -2.29. The monoisotopic (exact) mass is 252 g/mol. The number of hydrogen-bond donors (Lipinski definition) is 2. The van der Waals surface area contributed by atoms with Crippen molar-refractivity contribution in [3.8, 4) is 5.88 Å². The summed E-state index contributed by atoms with van der Waals surface area (Å²) in [7, 11) is 0. The van der Waals surface area contributed by atoms with Crippen LogP contribution in [0.15, 0.2) is 12.3 Å². The fraction of sp³-hybridized carbons (Fsp3) is 0.692. The van der Waals surface area contributed by atoms with E-state index >= 15 is 0 Å². The van der Waals surface area contributed by atoms with Crippen molar-refractivity contribution in [2.45, 2.75) is 45.6 Å². The molecular formula is C13H24N4O. The highest BCUT2D eigenvalue weighted by Gasteiger charge is 2.21. The second kappa shape index (κ2) is 7.16. The molecule has 0 saturated carbocycles. The Bertz CT molecular complexity index is 359. The first-order valence-corrected chi connectivity index (χ1v) is 6.57. The van der Waals surface area contributed by atoms with E-state index in [-0.39, 0.29) is 5.54 Å². The van der Waals surface area contributed by atoms with Crippen LogP contribution in [0.3, 0.4) is 0 Å². The zero-order valence-corrected chi connectivity index (χ0v) is 11.6. The van der Waals surface area contributed by atoms with Gasteiger partial charge in [-0.3, -0.25) is 0 Å². The van der Waals surface area contributed by atoms with Crippen molar-refractivity contribution < 1.29 is 4.74 Å². The molecule has 0 bridgehead atoms. The van der Waals surface area contributed by atoms with Gasteiger partial charge >= 0.3 is 0 Å². The topological polar surface area (TPSA) is 73.1 Å². The number of anilines is 1. The van der Waals surface area contributed by atoms with Gasteiger partial charge in [-0.15, -0.1) is 0 Å². The molecule has 18 heavy (non-hydrogen) atoms. The number of ether oxygens (including phenoxy) is 1. The van der Waals surface area contributed by atoms with Crippen LogP contribution in [0.1, 0.15) is 40.0 Å². The van der Waals surface area contributed by atoms with Crippen LogP contribution in [-0.4, -0.2) is 28.7 Å². The van der Waals surface area contributed by atoms with Gasteiger partial charge in [-0.1, -0.05) is 13.8 Å². The molecule has 0 aliphatic heterocycles. The summed E-state index contributed by atoms with van der Waals surface area (Å²) in [6.45, 7) is 7.63. The highest BCUT2D eigenvalue weighted by Crippen LogP contribution is 2.20. The van der Waals surface area contributed by atoms with E-state index < -0.39 is 0 Å². The quantitative estimate of drug-likeness (QED) is 0.742. The Hall–Kier alpha value is -1.36. The third-order valence-electron chi connectivity index (χ3n) is 2.97. The molecule has 0 spiro atoms. The van der Waals surface area contributed by atoms with Crippen LogP contribution in [-0.2, 0) is 0 Å². The summed E-state index contributed by atoms with van der Waals surface area (Å²) in [5, 5.41) is 3.34. The predicted molar refractivity (Wildman–Crippen MR) is 73.8 cm³/mol.